The van der Waals surface area contributed by atoms with Crippen molar-refractivity contribution >= 4 is 5.65 Å². The number of fused-ring (bicyclic) bond motifs is 1. The van der Waals surface area contributed by atoms with Crippen LogP contribution in [-0.2, 0) is 0 Å². The lowest BCUT2D eigenvalue weighted by molar-refractivity contribution is 0.302. The average molecular weight is 231 g/mol. The minimum absolute atomic E-state index is 0.806. The molecule has 0 bridgehead atoms. The van der Waals surface area contributed by atoms with E-state index in [2.05, 4.69) is 10.2 Å². The summed E-state index contributed by atoms with van der Waals surface area (Å²) < 4.78 is 7.58. The molecule has 90 valence electrons. The first-order valence-corrected chi connectivity index (χ1v) is 6.34. The van der Waals surface area contributed by atoms with Gasteiger partial charge in [0.15, 0.2) is 5.65 Å². The molecular weight excluding hydrogens is 214 g/mol. The molecule has 0 atom stereocenters. The summed E-state index contributed by atoms with van der Waals surface area (Å²) in [6, 6.07) is 3.87. The molecule has 3 rings (SSSR count). The third-order valence-corrected chi connectivity index (χ3v) is 3.24. The zero-order chi connectivity index (χ0) is 11.5. The highest BCUT2D eigenvalue weighted by Crippen LogP contribution is 2.33. The predicted molar refractivity (Wildman–Crippen MR) is 65.1 cm³/mol. The fourth-order valence-electron chi connectivity index (χ4n) is 2.02. The van der Waals surface area contributed by atoms with E-state index < -0.39 is 0 Å². The molecule has 2 heterocycles. The second kappa shape index (κ2) is 4.73. The zero-order valence-corrected chi connectivity index (χ0v) is 9.88. The van der Waals surface area contributed by atoms with Gasteiger partial charge >= 0.3 is 0 Å². The molecule has 17 heavy (non-hydrogen) atoms. The molecule has 2 aromatic heterocycles. The van der Waals surface area contributed by atoms with Gasteiger partial charge in [0.2, 0.25) is 0 Å². The van der Waals surface area contributed by atoms with Crippen LogP contribution in [0.1, 0.15) is 32.1 Å². The van der Waals surface area contributed by atoms with Gasteiger partial charge < -0.3 is 4.74 Å². The van der Waals surface area contributed by atoms with Crippen LogP contribution in [0.25, 0.3) is 5.65 Å². The predicted octanol–water partition coefficient (Wildman–Crippen LogP) is 2.69. The van der Waals surface area contributed by atoms with Crippen LogP contribution in [0.5, 0.6) is 5.75 Å². The van der Waals surface area contributed by atoms with Gasteiger partial charge in [0.05, 0.1) is 12.8 Å². The van der Waals surface area contributed by atoms with E-state index in [9.17, 15) is 0 Å². The van der Waals surface area contributed by atoms with Crippen molar-refractivity contribution in [3.63, 3.8) is 0 Å². The summed E-state index contributed by atoms with van der Waals surface area (Å²) in [5.41, 5.74) is 0.853. The van der Waals surface area contributed by atoms with Crippen molar-refractivity contribution in [2.45, 2.75) is 32.1 Å². The van der Waals surface area contributed by atoms with Crippen LogP contribution in [-0.4, -0.2) is 21.2 Å². The maximum absolute atomic E-state index is 5.71. The second-order valence-electron chi connectivity index (χ2n) is 4.75. The lowest BCUT2D eigenvalue weighted by Crippen LogP contribution is -1.98. The fraction of sp³-hybridized carbons (Fsp3) is 0.538. The van der Waals surface area contributed by atoms with Crippen LogP contribution in [0.2, 0.25) is 0 Å². The molecule has 0 aliphatic heterocycles. The molecule has 0 amide bonds. The quantitative estimate of drug-likeness (QED) is 0.717. The Kier molecular flexibility index (Phi) is 2.94. The fourth-order valence-corrected chi connectivity index (χ4v) is 2.02. The van der Waals surface area contributed by atoms with Crippen molar-refractivity contribution in [1.29, 1.82) is 0 Å². The number of aromatic nitrogens is 3. The topological polar surface area (TPSA) is 39.4 Å². The molecule has 1 saturated carbocycles. The van der Waals surface area contributed by atoms with E-state index in [1.54, 1.807) is 6.33 Å². The molecule has 1 fully saturated rings. The van der Waals surface area contributed by atoms with Gasteiger partial charge in [0.25, 0.3) is 0 Å². The average Bonchev–Trinajstić information content (AvgIpc) is 3.05. The normalized spacial score (nSPS) is 15.3. The van der Waals surface area contributed by atoms with Crippen LogP contribution in [0, 0.1) is 5.92 Å². The molecule has 0 radical (unpaired) electrons. The van der Waals surface area contributed by atoms with Crippen LogP contribution < -0.4 is 4.74 Å². The minimum Gasteiger partial charge on any atom is -0.492 e. The molecular formula is C13H17N3O. The summed E-state index contributed by atoms with van der Waals surface area (Å²) >= 11 is 0. The third kappa shape index (κ3) is 2.75. The number of hydrogen-bond donors (Lipinski definition) is 0. The molecule has 1 aliphatic carbocycles. The van der Waals surface area contributed by atoms with Gasteiger partial charge in [0, 0.05) is 0 Å². The van der Waals surface area contributed by atoms with Crippen LogP contribution in [0.3, 0.4) is 0 Å². The van der Waals surface area contributed by atoms with Gasteiger partial charge in [-0.25, -0.2) is 0 Å². The molecule has 0 saturated heterocycles. The largest absolute Gasteiger partial charge is 0.492 e. The first kappa shape index (κ1) is 10.6. The van der Waals surface area contributed by atoms with E-state index in [1.807, 2.05) is 22.7 Å². The molecule has 1 aliphatic rings. The Labute approximate surface area is 101 Å². The molecule has 0 aromatic carbocycles. The van der Waals surface area contributed by atoms with Gasteiger partial charge in [-0.15, -0.1) is 10.2 Å². The molecule has 0 N–H and O–H groups in total. The zero-order valence-electron chi connectivity index (χ0n) is 9.88. The van der Waals surface area contributed by atoms with Gasteiger partial charge in [-0.3, -0.25) is 4.40 Å². The summed E-state index contributed by atoms with van der Waals surface area (Å²) in [6.07, 6.45) is 10.3. The monoisotopic (exact) mass is 231 g/mol. The standard InChI is InChI=1S/C13H17N3O/c1(3-11-4-5-11)2-8-17-12-6-7-13-15-14-10-16(13)9-12/h6-7,9-11H,1-5,8H2. The Morgan fingerprint density at radius 2 is 2.24 bits per heavy atom. The summed E-state index contributed by atoms with van der Waals surface area (Å²) in [4.78, 5) is 0. The van der Waals surface area contributed by atoms with Crippen molar-refractivity contribution in [3.05, 3.63) is 24.7 Å². The van der Waals surface area contributed by atoms with E-state index in [0.717, 1.165) is 30.3 Å². The molecule has 4 heteroatoms. The summed E-state index contributed by atoms with van der Waals surface area (Å²) in [7, 11) is 0. The Morgan fingerprint density at radius 1 is 1.29 bits per heavy atom. The van der Waals surface area contributed by atoms with Crippen LogP contribution in [0.4, 0.5) is 0 Å². The number of ether oxygens (including phenoxy) is 1. The summed E-state index contributed by atoms with van der Waals surface area (Å²) in [5.74, 6) is 1.92. The molecule has 0 spiro atoms. The highest BCUT2D eigenvalue weighted by atomic mass is 16.5. The Morgan fingerprint density at radius 3 is 3.12 bits per heavy atom. The van der Waals surface area contributed by atoms with Crippen molar-refractivity contribution in [3.8, 4) is 5.75 Å². The maximum atomic E-state index is 5.71. The van der Waals surface area contributed by atoms with E-state index in [1.165, 1.54) is 25.7 Å². The van der Waals surface area contributed by atoms with Crippen molar-refractivity contribution in [2.75, 3.05) is 6.61 Å². The second-order valence-corrected chi connectivity index (χ2v) is 4.75. The lowest BCUT2D eigenvalue weighted by Gasteiger charge is -2.05. The first-order chi connectivity index (χ1) is 8.42. The van der Waals surface area contributed by atoms with Crippen LogP contribution >= 0.6 is 0 Å². The highest BCUT2D eigenvalue weighted by molar-refractivity contribution is 5.39. The van der Waals surface area contributed by atoms with E-state index in [-0.39, 0.29) is 0 Å². The van der Waals surface area contributed by atoms with E-state index in [0.29, 0.717) is 0 Å². The number of pyridine rings is 1. The van der Waals surface area contributed by atoms with E-state index >= 15 is 0 Å². The third-order valence-electron chi connectivity index (χ3n) is 3.24. The molecule has 4 nitrogen and oxygen atoms in total. The van der Waals surface area contributed by atoms with Gasteiger partial charge in [-0.1, -0.05) is 19.3 Å². The number of nitrogens with zero attached hydrogens (tertiary/aromatic N) is 3. The van der Waals surface area contributed by atoms with Crippen molar-refractivity contribution < 1.29 is 4.74 Å². The van der Waals surface area contributed by atoms with Crippen molar-refractivity contribution in [2.24, 2.45) is 5.92 Å². The Balaban J connectivity index is 1.46. The van der Waals surface area contributed by atoms with E-state index in [4.69, 9.17) is 4.74 Å². The lowest BCUT2D eigenvalue weighted by atomic mass is 10.2. The smallest absolute Gasteiger partial charge is 0.160 e. The molecule has 0 unspecified atom stereocenters. The highest BCUT2D eigenvalue weighted by Gasteiger charge is 2.19. The van der Waals surface area contributed by atoms with Crippen LogP contribution in [0.15, 0.2) is 24.7 Å². The maximum Gasteiger partial charge on any atom is 0.160 e. The number of unbranched alkanes of at least 4 members (excludes halogenated alkanes) is 1. The SMILES string of the molecule is c1cc2nncn2cc1OCCCCC1CC1. The minimum atomic E-state index is 0.806. The first-order valence-electron chi connectivity index (χ1n) is 6.34. The number of rotatable bonds is 6. The van der Waals surface area contributed by atoms with Crippen molar-refractivity contribution in [1.82, 2.24) is 14.6 Å². The Hall–Kier alpha value is -1.58. The van der Waals surface area contributed by atoms with Gasteiger partial charge in [-0.05, 0) is 30.9 Å². The number of hydrogen-bond acceptors (Lipinski definition) is 3. The molecule has 2 aromatic rings. The Bertz CT molecular complexity index is 490. The van der Waals surface area contributed by atoms with Gasteiger partial charge in [0.1, 0.15) is 12.1 Å². The van der Waals surface area contributed by atoms with Gasteiger partial charge in [-0.2, -0.15) is 0 Å². The summed E-state index contributed by atoms with van der Waals surface area (Å²) in [5, 5.41) is 7.79. The summed E-state index contributed by atoms with van der Waals surface area (Å²) in [6.45, 7) is 0.806.